The molecule has 3 aromatic rings. The first-order valence-electron chi connectivity index (χ1n) is 10.5. The van der Waals surface area contributed by atoms with E-state index in [0.29, 0.717) is 17.1 Å². The van der Waals surface area contributed by atoms with Crippen molar-refractivity contribution >= 4 is 38.2 Å². The van der Waals surface area contributed by atoms with Crippen molar-refractivity contribution in [1.82, 2.24) is 9.29 Å². The van der Waals surface area contributed by atoms with E-state index in [1.165, 1.54) is 65.0 Å². The number of thiazole rings is 1. The molecule has 0 aliphatic carbocycles. The fourth-order valence-corrected chi connectivity index (χ4v) is 5.12. The molecule has 0 bridgehead atoms. The molecule has 1 N–H and O–H groups in total. The Kier molecular flexibility index (Phi) is 7.78. The largest absolute Gasteiger partial charge is 0.302 e. The van der Waals surface area contributed by atoms with Crippen molar-refractivity contribution in [3.05, 3.63) is 64.5 Å². The molecule has 0 atom stereocenters. The number of carbonyl (C=O) groups excluding carboxylic acids is 2. The second kappa shape index (κ2) is 10.4. The molecule has 0 aliphatic rings. The lowest BCUT2D eigenvalue weighted by Crippen LogP contribution is -2.28. The summed E-state index contributed by atoms with van der Waals surface area (Å²) in [6.07, 6.45) is 0.532. The van der Waals surface area contributed by atoms with Gasteiger partial charge in [-0.15, -0.1) is 11.3 Å². The van der Waals surface area contributed by atoms with Crippen molar-refractivity contribution in [1.29, 1.82) is 0 Å². The number of carbonyl (C=O) groups is 2. The zero-order valence-electron chi connectivity index (χ0n) is 19.1. The van der Waals surface area contributed by atoms with Gasteiger partial charge in [0.15, 0.2) is 10.9 Å². The maximum atomic E-state index is 12.7. The number of aromatic nitrogens is 1. The van der Waals surface area contributed by atoms with Crippen LogP contribution in [0.25, 0.3) is 11.3 Å². The number of ketones is 1. The number of hydrogen-bond donors (Lipinski definition) is 1. The van der Waals surface area contributed by atoms with Crippen molar-refractivity contribution in [2.75, 3.05) is 18.9 Å². The van der Waals surface area contributed by atoms with Crippen LogP contribution in [0.4, 0.5) is 5.13 Å². The van der Waals surface area contributed by atoms with Crippen LogP contribution >= 0.6 is 11.3 Å². The number of benzene rings is 2. The van der Waals surface area contributed by atoms with Gasteiger partial charge >= 0.3 is 0 Å². The lowest BCUT2D eigenvalue weighted by atomic mass is 10.1. The lowest BCUT2D eigenvalue weighted by Gasteiger charge is -2.17. The fraction of sp³-hybridized carbons (Fsp3) is 0.292. The van der Waals surface area contributed by atoms with Crippen LogP contribution in [-0.2, 0) is 14.8 Å². The highest BCUT2D eigenvalue weighted by molar-refractivity contribution is 7.89. The van der Waals surface area contributed by atoms with Crippen LogP contribution in [0.15, 0.2) is 52.7 Å². The normalized spacial score (nSPS) is 11.5. The number of aryl methyl sites for hydroxylation is 2. The average Bonchev–Trinajstić information content (AvgIpc) is 3.23. The minimum absolute atomic E-state index is 0.112. The van der Waals surface area contributed by atoms with Gasteiger partial charge in [-0.2, -0.15) is 0 Å². The number of nitrogens with zero attached hydrogens (tertiary/aromatic N) is 2. The van der Waals surface area contributed by atoms with Crippen LogP contribution in [0, 0.1) is 13.8 Å². The van der Waals surface area contributed by atoms with E-state index in [1.807, 2.05) is 24.4 Å². The molecule has 0 spiro atoms. The summed E-state index contributed by atoms with van der Waals surface area (Å²) in [6, 6.07) is 12.0. The van der Waals surface area contributed by atoms with E-state index in [9.17, 15) is 18.0 Å². The first-order valence-corrected chi connectivity index (χ1v) is 12.8. The molecule has 0 saturated heterocycles. The summed E-state index contributed by atoms with van der Waals surface area (Å²) in [4.78, 5) is 28.3. The van der Waals surface area contributed by atoms with Gasteiger partial charge in [-0.3, -0.25) is 9.59 Å². The highest BCUT2D eigenvalue weighted by Gasteiger charge is 2.21. The molecule has 0 aliphatic heterocycles. The number of hydrogen-bond acceptors (Lipinski definition) is 6. The first kappa shape index (κ1) is 24.8. The van der Waals surface area contributed by atoms with E-state index < -0.39 is 10.0 Å². The molecule has 1 heterocycles. The van der Waals surface area contributed by atoms with E-state index in [0.717, 1.165) is 11.3 Å². The summed E-state index contributed by atoms with van der Waals surface area (Å²) in [5, 5.41) is 5.20. The van der Waals surface area contributed by atoms with Crippen LogP contribution < -0.4 is 5.32 Å². The first-order chi connectivity index (χ1) is 15.6. The van der Waals surface area contributed by atoms with E-state index in [1.54, 1.807) is 0 Å². The Morgan fingerprint density at radius 3 is 2.39 bits per heavy atom. The van der Waals surface area contributed by atoms with Crippen molar-refractivity contribution in [3.8, 4) is 11.3 Å². The number of amides is 1. The van der Waals surface area contributed by atoms with Crippen molar-refractivity contribution in [2.45, 2.75) is 38.5 Å². The zero-order valence-corrected chi connectivity index (χ0v) is 20.7. The number of sulfonamides is 1. The maximum Gasteiger partial charge on any atom is 0.242 e. The van der Waals surface area contributed by atoms with Crippen LogP contribution in [0.3, 0.4) is 0 Å². The van der Waals surface area contributed by atoms with Gasteiger partial charge in [-0.25, -0.2) is 17.7 Å². The van der Waals surface area contributed by atoms with Gasteiger partial charge in [0, 0.05) is 36.5 Å². The van der Waals surface area contributed by atoms with E-state index >= 15 is 0 Å². The molecule has 0 fully saturated rings. The number of Topliss-reactive ketones (excluding diaryl/α,β-unsaturated/α-hetero) is 1. The Balaban J connectivity index is 1.52. The predicted molar refractivity (Wildman–Crippen MR) is 131 cm³/mol. The second-order valence-corrected chi connectivity index (χ2v) is 10.8. The summed E-state index contributed by atoms with van der Waals surface area (Å²) in [6.45, 7) is 5.72. The topological polar surface area (TPSA) is 96.4 Å². The van der Waals surface area contributed by atoms with Crippen molar-refractivity contribution < 1.29 is 18.0 Å². The highest BCUT2D eigenvalue weighted by Crippen LogP contribution is 2.26. The average molecular weight is 486 g/mol. The molecule has 1 aromatic heterocycles. The van der Waals surface area contributed by atoms with E-state index in [2.05, 4.69) is 23.3 Å². The van der Waals surface area contributed by atoms with Gasteiger partial charge in [-0.05, 0) is 56.5 Å². The van der Waals surface area contributed by atoms with E-state index in [-0.39, 0.29) is 29.6 Å². The van der Waals surface area contributed by atoms with Crippen LogP contribution in [0.5, 0.6) is 0 Å². The van der Waals surface area contributed by atoms with Crippen molar-refractivity contribution in [3.63, 3.8) is 0 Å². The Morgan fingerprint density at radius 1 is 1.06 bits per heavy atom. The molecule has 0 saturated carbocycles. The van der Waals surface area contributed by atoms with Gasteiger partial charge in [-0.1, -0.05) is 24.3 Å². The molecule has 2 aromatic carbocycles. The maximum absolute atomic E-state index is 12.7. The lowest BCUT2D eigenvalue weighted by molar-refractivity contribution is -0.116. The standard InChI is InChI=1S/C24H27N3O4S2/c1-16-7-8-20(14-17(16)2)22-15-32-24(25-22)26-23(29)6-5-13-27(4)33(30,31)21-11-9-19(10-12-21)18(3)28/h7-12,14-15H,5-6,13H2,1-4H3,(H,25,26,29). The van der Waals surface area contributed by atoms with Gasteiger partial charge in [0.1, 0.15) is 0 Å². The molecule has 7 nitrogen and oxygen atoms in total. The third kappa shape index (κ3) is 6.13. The summed E-state index contributed by atoms with van der Waals surface area (Å²) in [7, 11) is -2.22. The molecule has 33 heavy (non-hydrogen) atoms. The minimum Gasteiger partial charge on any atom is -0.302 e. The Labute approximate surface area is 198 Å². The summed E-state index contributed by atoms with van der Waals surface area (Å²) in [5.74, 6) is -0.341. The Hall–Kier alpha value is -2.88. The highest BCUT2D eigenvalue weighted by atomic mass is 32.2. The van der Waals surface area contributed by atoms with Gasteiger partial charge < -0.3 is 5.32 Å². The van der Waals surface area contributed by atoms with Gasteiger partial charge in [0.25, 0.3) is 0 Å². The molecular weight excluding hydrogens is 458 g/mol. The van der Waals surface area contributed by atoms with Gasteiger partial charge in [0.05, 0.1) is 10.6 Å². The minimum atomic E-state index is -3.69. The third-order valence-electron chi connectivity index (χ3n) is 5.40. The second-order valence-electron chi connectivity index (χ2n) is 7.90. The van der Waals surface area contributed by atoms with Crippen LogP contribution in [-0.4, -0.2) is 43.0 Å². The molecule has 3 rings (SSSR count). The zero-order chi connectivity index (χ0) is 24.2. The summed E-state index contributed by atoms with van der Waals surface area (Å²) >= 11 is 1.35. The molecule has 9 heteroatoms. The Morgan fingerprint density at radius 2 is 1.76 bits per heavy atom. The number of anilines is 1. The molecule has 1 amide bonds. The number of nitrogens with one attached hydrogen (secondary N) is 1. The van der Waals surface area contributed by atoms with Crippen LogP contribution in [0.2, 0.25) is 0 Å². The smallest absolute Gasteiger partial charge is 0.242 e. The number of rotatable bonds is 9. The van der Waals surface area contributed by atoms with Gasteiger partial charge in [0.2, 0.25) is 15.9 Å². The van der Waals surface area contributed by atoms with Crippen molar-refractivity contribution in [2.24, 2.45) is 0 Å². The quantitative estimate of drug-likeness (QED) is 0.444. The predicted octanol–water partition coefficient (Wildman–Crippen LogP) is 4.67. The van der Waals surface area contributed by atoms with E-state index in [4.69, 9.17) is 0 Å². The summed E-state index contributed by atoms with van der Waals surface area (Å²) < 4.78 is 26.6. The van der Waals surface area contributed by atoms with Crippen LogP contribution in [0.1, 0.15) is 41.3 Å². The molecule has 174 valence electrons. The third-order valence-corrected chi connectivity index (χ3v) is 8.03. The Bertz CT molecular complexity index is 1270. The SMILES string of the molecule is CC(=O)c1ccc(S(=O)(=O)N(C)CCCC(=O)Nc2nc(-c3ccc(C)c(C)c3)cs2)cc1. The fourth-order valence-electron chi connectivity index (χ4n) is 3.17. The molecule has 0 radical (unpaired) electrons. The molecular formula is C24H27N3O4S2. The molecule has 0 unspecified atom stereocenters. The monoisotopic (exact) mass is 485 g/mol. The summed E-state index contributed by atoms with van der Waals surface area (Å²) in [5.41, 5.74) is 4.65.